The first-order valence-electron chi connectivity index (χ1n) is 6.11. The summed E-state index contributed by atoms with van der Waals surface area (Å²) in [7, 11) is 0. The predicted molar refractivity (Wildman–Crippen MR) is 67.9 cm³/mol. The molecule has 0 atom stereocenters. The third-order valence-corrected chi connectivity index (χ3v) is 2.47. The molecule has 106 valence electrons. The van der Waals surface area contributed by atoms with Gasteiger partial charge >= 0.3 is 6.18 Å². The van der Waals surface area contributed by atoms with Crippen molar-refractivity contribution in [2.24, 2.45) is 0 Å². The van der Waals surface area contributed by atoms with E-state index in [0.717, 1.165) is 18.6 Å². The van der Waals surface area contributed by atoms with Gasteiger partial charge in [0.15, 0.2) is 0 Å². The number of anilines is 1. The van der Waals surface area contributed by atoms with Crippen LogP contribution in [-0.2, 0) is 11.0 Å². The topological polar surface area (TPSA) is 41.1 Å². The lowest BCUT2D eigenvalue weighted by atomic mass is 10.2. The lowest BCUT2D eigenvalue weighted by molar-refractivity contribution is -0.137. The van der Waals surface area contributed by atoms with Gasteiger partial charge in [-0.2, -0.15) is 13.2 Å². The van der Waals surface area contributed by atoms with Crippen LogP contribution in [0.4, 0.5) is 18.9 Å². The molecule has 0 aliphatic heterocycles. The fourth-order valence-corrected chi connectivity index (χ4v) is 1.45. The molecule has 1 rings (SSSR count). The summed E-state index contributed by atoms with van der Waals surface area (Å²) in [6.07, 6.45) is -3.16. The lowest BCUT2D eigenvalue weighted by Crippen LogP contribution is -2.25. The smallest absolute Gasteiger partial charge is 0.385 e. The molecular weight excluding hydrogens is 257 g/mol. The molecule has 0 aliphatic rings. The van der Waals surface area contributed by atoms with Crippen LogP contribution in [0.15, 0.2) is 24.3 Å². The van der Waals surface area contributed by atoms with E-state index in [-0.39, 0.29) is 5.91 Å². The molecule has 0 unspecified atom stereocenters. The standard InChI is InChI=1S/C13H17F3N2O/c1-2-8-18-12(19)7-9-17-11-5-3-10(4-6-11)13(14,15)16/h3-6,17H,2,7-9H2,1H3,(H,18,19). The minimum atomic E-state index is -4.32. The summed E-state index contributed by atoms with van der Waals surface area (Å²) in [5.41, 5.74) is -0.116. The molecule has 3 nitrogen and oxygen atoms in total. The van der Waals surface area contributed by atoms with Gasteiger partial charge in [0.05, 0.1) is 5.56 Å². The van der Waals surface area contributed by atoms with Gasteiger partial charge in [-0.15, -0.1) is 0 Å². The summed E-state index contributed by atoms with van der Waals surface area (Å²) in [6.45, 7) is 2.99. The van der Waals surface area contributed by atoms with Crippen molar-refractivity contribution in [2.75, 3.05) is 18.4 Å². The molecular formula is C13H17F3N2O. The highest BCUT2D eigenvalue weighted by Crippen LogP contribution is 2.29. The Hall–Kier alpha value is -1.72. The SMILES string of the molecule is CCCNC(=O)CCNc1ccc(C(F)(F)F)cc1. The number of carbonyl (C=O) groups is 1. The van der Waals surface area contributed by atoms with Crippen LogP contribution in [0.25, 0.3) is 0 Å². The molecule has 6 heteroatoms. The average molecular weight is 274 g/mol. The van der Waals surface area contributed by atoms with Gasteiger partial charge in [-0.05, 0) is 30.7 Å². The Bertz CT molecular complexity index is 401. The molecule has 0 fully saturated rings. The first kappa shape index (κ1) is 15.3. The van der Waals surface area contributed by atoms with Gasteiger partial charge in [-0.3, -0.25) is 4.79 Å². The van der Waals surface area contributed by atoms with E-state index in [9.17, 15) is 18.0 Å². The minimum absolute atomic E-state index is 0.0683. The van der Waals surface area contributed by atoms with Crippen molar-refractivity contribution in [1.82, 2.24) is 5.32 Å². The number of halogens is 3. The van der Waals surface area contributed by atoms with E-state index < -0.39 is 11.7 Å². The Morgan fingerprint density at radius 2 is 1.79 bits per heavy atom. The monoisotopic (exact) mass is 274 g/mol. The molecule has 0 radical (unpaired) electrons. The van der Waals surface area contributed by atoms with Crippen LogP contribution < -0.4 is 10.6 Å². The lowest BCUT2D eigenvalue weighted by Gasteiger charge is -2.09. The Balaban J connectivity index is 2.36. The van der Waals surface area contributed by atoms with Crippen molar-refractivity contribution in [2.45, 2.75) is 25.9 Å². The van der Waals surface area contributed by atoms with Crippen LogP contribution in [0.5, 0.6) is 0 Å². The van der Waals surface area contributed by atoms with Crippen LogP contribution in [0, 0.1) is 0 Å². The van der Waals surface area contributed by atoms with E-state index in [1.807, 2.05) is 6.92 Å². The summed E-state index contributed by atoms with van der Waals surface area (Å²) < 4.78 is 37.0. The van der Waals surface area contributed by atoms with E-state index in [0.29, 0.717) is 25.2 Å². The fraction of sp³-hybridized carbons (Fsp3) is 0.462. The zero-order valence-corrected chi connectivity index (χ0v) is 10.7. The Morgan fingerprint density at radius 3 is 2.32 bits per heavy atom. The van der Waals surface area contributed by atoms with Crippen LogP contribution >= 0.6 is 0 Å². The van der Waals surface area contributed by atoms with Crippen LogP contribution in [0.3, 0.4) is 0 Å². The summed E-state index contributed by atoms with van der Waals surface area (Å²) in [5, 5.41) is 5.62. The second-order valence-electron chi connectivity index (χ2n) is 4.10. The van der Waals surface area contributed by atoms with Crippen molar-refractivity contribution in [3.8, 4) is 0 Å². The van der Waals surface area contributed by atoms with Gasteiger partial charge in [0, 0.05) is 25.2 Å². The Morgan fingerprint density at radius 1 is 1.16 bits per heavy atom. The molecule has 0 aliphatic carbocycles. The number of nitrogens with one attached hydrogen (secondary N) is 2. The number of carbonyl (C=O) groups excluding carboxylic acids is 1. The first-order chi connectivity index (χ1) is 8.93. The van der Waals surface area contributed by atoms with E-state index in [1.54, 1.807) is 0 Å². The fourth-order valence-electron chi connectivity index (χ4n) is 1.45. The van der Waals surface area contributed by atoms with E-state index in [4.69, 9.17) is 0 Å². The second-order valence-corrected chi connectivity index (χ2v) is 4.10. The molecule has 0 aromatic heterocycles. The normalized spacial score (nSPS) is 11.2. The van der Waals surface area contributed by atoms with Crippen LogP contribution in [-0.4, -0.2) is 19.0 Å². The highest BCUT2D eigenvalue weighted by atomic mass is 19.4. The molecule has 0 saturated carbocycles. The number of amides is 1. The summed E-state index contributed by atoms with van der Waals surface area (Å²) in [4.78, 5) is 11.3. The van der Waals surface area contributed by atoms with Crippen LogP contribution in [0.1, 0.15) is 25.3 Å². The molecule has 0 spiro atoms. The maximum atomic E-state index is 12.3. The number of hydrogen-bond donors (Lipinski definition) is 2. The third kappa shape index (κ3) is 5.63. The maximum absolute atomic E-state index is 12.3. The number of rotatable bonds is 6. The number of benzene rings is 1. The molecule has 1 aromatic carbocycles. The average Bonchev–Trinajstić information content (AvgIpc) is 2.36. The predicted octanol–water partition coefficient (Wildman–Crippen LogP) is 3.03. The zero-order valence-electron chi connectivity index (χ0n) is 10.7. The van der Waals surface area contributed by atoms with Gasteiger partial charge in [0.25, 0.3) is 0 Å². The van der Waals surface area contributed by atoms with Crippen LogP contribution in [0.2, 0.25) is 0 Å². The quantitative estimate of drug-likeness (QED) is 0.837. The van der Waals surface area contributed by atoms with Gasteiger partial charge in [-0.25, -0.2) is 0 Å². The van der Waals surface area contributed by atoms with Crippen molar-refractivity contribution >= 4 is 11.6 Å². The highest BCUT2D eigenvalue weighted by molar-refractivity contribution is 5.76. The number of alkyl halides is 3. The highest BCUT2D eigenvalue weighted by Gasteiger charge is 2.29. The van der Waals surface area contributed by atoms with Gasteiger partial charge < -0.3 is 10.6 Å². The second kappa shape index (κ2) is 7.01. The first-order valence-corrected chi connectivity index (χ1v) is 6.11. The molecule has 0 saturated heterocycles. The summed E-state index contributed by atoms with van der Waals surface area (Å²) in [5.74, 6) is -0.0683. The Kier molecular flexibility index (Phi) is 5.66. The molecule has 1 amide bonds. The van der Waals surface area contributed by atoms with Crippen molar-refractivity contribution < 1.29 is 18.0 Å². The summed E-state index contributed by atoms with van der Waals surface area (Å²) >= 11 is 0. The Labute approximate surface area is 110 Å². The van der Waals surface area contributed by atoms with E-state index in [1.165, 1.54) is 12.1 Å². The van der Waals surface area contributed by atoms with Gasteiger partial charge in [0.1, 0.15) is 0 Å². The maximum Gasteiger partial charge on any atom is 0.416 e. The number of hydrogen-bond acceptors (Lipinski definition) is 2. The van der Waals surface area contributed by atoms with Crippen molar-refractivity contribution in [3.63, 3.8) is 0 Å². The van der Waals surface area contributed by atoms with Crippen molar-refractivity contribution in [1.29, 1.82) is 0 Å². The molecule has 0 bridgehead atoms. The molecule has 1 aromatic rings. The molecule has 0 heterocycles. The largest absolute Gasteiger partial charge is 0.416 e. The summed E-state index contributed by atoms with van der Waals surface area (Å²) in [6, 6.07) is 4.73. The third-order valence-electron chi connectivity index (χ3n) is 2.47. The van der Waals surface area contributed by atoms with Gasteiger partial charge in [0.2, 0.25) is 5.91 Å². The van der Waals surface area contributed by atoms with E-state index >= 15 is 0 Å². The zero-order chi connectivity index (χ0) is 14.3. The van der Waals surface area contributed by atoms with Crippen molar-refractivity contribution in [3.05, 3.63) is 29.8 Å². The van der Waals surface area contributed by atoms with Gasteiger partial charge in [-0.1, -0.05) is 6.92 Å². The molecule has 2 N–H and O–H groups in total. The minimum Gasteiger partial charge on any atom is -0.385 e. The van der Waals surface area contributed by atoms with E-state index in [2.05, 4.69) is 10.6 Å². The molecule has 19 heavy (non-hydrogen) atoms.